The van der Waals surface area contributed by atoms with E-state index in [9.17, 15) is 0 Å². The highest BCUT2D eigenvalue weighted by Gasteiger charge is 2.14. The summed E-state index contributed by atoms with van der Waals surface area (Å²) in [6.07, 6.45) is 7.37. The second-order valence-corrected chi connectivity index (χ2v) is 5.00. The molecule has 0 fully saturated rings. The molecule has 0 unspecified atom stereocenters. The molecule has 0 spiro atoms. The largest absolute Gasteiger partial charge is 0.336 e. The summed E-state index contributed by atoms with van der Waals surface area (Å²) in [5, 5.41) is 1.13. The highest BCUT2D eigenvalue weighted by atomic mass is 15.0. The van der Waals surface area contributed by atoms with Crippen molar-refractivity contribution in [2.75, 3.05) is 0 Å². The summed E-state index contributed by atoms with van der Waals surface area (Å²) in [6, 6.07) is 4.11. The Balaban J connectivity index is 2.31. The Morgan fingerprint density at radius 3 is 2.79 bits per heavy atom. The van der Waals surface area contributed by atoms with E-state index < -0.39 is 0 Å². The van der Waals surface area contributed by atoms with E-state index in [1.54, 1.807) is 6.33 Å². The van der Waals surface area contributed by atoms with Crippen LogP contribution in [0, 0.1) is 0 Å². The molecule has 0 aliphatic carbocycles. The third kappa shape index (κ3) is 1.89. The molecule has 4 heteroatoms. The molecule has 0 aliphatic rings. The van der Waals surface area contributed by atoms with Crippen LogP contribution in [0.15, 0.2) is 37.1 Å². The van der Waals surface area contributed by atoms with Gasteiger partial charge in [-0.25, -0.2) is 15.0 Å². The van der Waals surface area contributed by atoms with Crippen molar-refractivity contribution >= 4 is 11.0 Å². The fraction of sp³-hybridized carbons (Fsp3) is 0.267. The molecule has 3 aromatic rings. The molecule has 0 bridgehead atoms. The topological polar surface area (TPSA) is 43.6 Å². The third-order valence-corrected chi connectivity index (χ3v) is 3.39. The van der Waals surface area contributed by atoms with Crippen LogP contribution in [-0.2, 0) is 7.05 Å². The normalized spacial score (nSPS) is 11.4. The molecule has 3 aromatic heterocycles. The number of hydrogen-bond donors (Lipinski definition) is 0. The lowest BCUT2D eigenvalue weighted by molar-refractivity contribution is 0.849. The first kappa shape index (κ1) is 11.8. The molecule has 19 heavy (non-hydrogen) atoms. The Kier molecular flexibility index (Phi) is 2.78. The number of hydrogen-bond acceptors (Lipinski definition) is 3. The Bertz CT molecular complexity index is 728. The number of nitrogens with zero attached hydrogens (tertiary/aromatic N) is 4. The van der Waals surface area contributed by atoms with Crippen molar-refractivity contribution in [3.05, 3.63) is 42.6 Å². The van der Waals surface area contributed by atoms with E-state index in [0.717, 1.165) is 22.3 Å². The van der Waals surface area contributed by atoms with Gasteiger partial charge in [0.1, 0.15) is 12.0 Å². The molecule has 0 aromatic carbocycles. The van der Waals surface area contributed by atoms with Gasteiger partial charge < -0.3 is 4.57 Å². The standard InChI is InChI=1S/C15H16N4/c1-10(2)13-8-16-9-18-14(13)11-4-6-17-15-12(11)5-7-19(15)3/h4-10H,1-3H3. The van der Waals surface area contributed by atoms with Crippen LogP contribution in [0.2, 0.25) is 0 Å². The summed E-state index contributed by atoms with van der Waals surface area (Å²) in [7, 11) is 2.00. The summed E-state index contributed by atoms with van der Waals surface area (Å²) >= 11 is 0. The van der Waals surface area contributed by atoms with Crippen LogP contribution in [0.5, 0.6) is 0 Å². The minimum atomic E-state index is 0.392. The Labute approximate surface area is 112 Å². The van der Waals surface area contributed by atoms with Gasteiger partial charge in [0.05, 0.1) is 5.69 Å². The zero-order valence-electron chi connectivity index (χ0n) is 11.3. The van der Waals surface area contributed by atoms with E-state index in [-0.39, 0.29) is 0 Å². The van der Waals surface area contributed by atoms with Gasteiger partial charge >= 0.3 is 0 Å². The number of fused-ring (bicyclic) bond motifs is 1. The second kappa shape index (κ2) is 4.46. The number of pyridine rings is 1. The van der Waals surface area contributed by atoms with Crippen LogP contribution in [0.4, 0.5) is 0 Å². The van der Waals surface area contributed by atoms with Gasteiger partial charge in [-0.1, -0.05) is 13.8 Å². The maximum absolute atomic E-state index is 4.48. The Morgan fingerprint density at radius 1 is 1.16 bits per heavy atom. The lowest BCUT2D eigenvalue weighted by atomic mass is 9.98. The number of aromatic nitrogens is 4. The van der Waals surface area contributed by atoms with E-state index in [1.165, 1.54) is 5.56 Å². The fourth-order valence-electron chi connectivity index (χ4n) is 2.36. The summed E-state index contributed by atoms with van der Waals surface area (Å²) < 4.78 is 2.02. The molecule has 96 valence electrons. The van der Waals surface area contributed by atoms with Crippen molar-refractivity contribution in [3.63, 3.8) is 0 Å². The molecular weight excluding hydrogens is 236 g/mol. The van der Waals surface area contributed by atoms with Crippen LogP contribution < -0.4 is 0 Å². The maximum Gasteiger partial charge on any atom is 0.140 e. The van der Waals surface area contributed by atoms with Crippen LogP contribution >= 0.6 is 0 Å². The van der Waals surface area contributed by atoms with Gasteiger partial charge in [0, 0.05) is 36.6 Å². The molecular formula is C15H16N4. The number of rotatable bonds is 2. The zero-order valence-corrected chi connectivity index (χ0v) is 11.3. The molecule has 0 atom stereocenters. The van der Waals surface area contributed by atoms with Gasteiger partial charge in [0.25, 0.3) is 0 Å². The van der Waals surface area contributed by atoms with E-state index >= 15 is 0 Å². The van der Waals surface area contributed by atoms with Gasteiger partial charge in [-0.3, -0.25) is 0 Å². The molecule has 0 aliphatic heterocycles. The van der Waals surface area contributed by atoms with Gasteiger partial charge in [0.15, 0.2) is 0 Å². The maximum atomic E-state index is 4.48. The molecule has 0 amide bonds. The van der Waals surface area contributed by atoms with Crippen molar-refractivity contribution in [1.29, 1.82) is 0 Å². The Morgan fingerprint density at radius 2 is 2.00 bits per heavy atom. The average molecular weight is 252 g/mol. The predicted molar refractivity (Wildman–Crippen MR) is 75.8 cm³/mol. The first-order valence-corrected chi connectivity index (χ1v) is 6.39. The summed E-state index contributed by atoms with van der Waals surface area (Å²) in [5.74, 6) is 0.392. The molecule has 0 saturated carbocycles. The molecule has 0 radical (unpaired) electrons. The van der Waals surface area contributed by atoms with Crippen molar-refractivity contribution in [3.8, 4) is 11.3 Å². The third-order valence-electron chi connectivity index (χ3n) is 3.39. The van der Waals surface area contributed by atoms with E-state index in [1.807, 2.05) is 36.3 Å². The van der Waals surface area contributed by atoms with Gasteiger partial charge in [0.2, 0.25) is 0 Å². The minimum absolute atomic E-state index is 0.392. The van der Waals surface area contributed by atoms with Gasteiger partial charge in [-0.15, -0.1) is 0 Å². The predicted octanol–water partition coefficient (Wildman–Crippen LogP) is 3.15. The summed E-state index contributed by atoms with van der Waals surface area (Å²) in [4.78, 5) is 13.0. The first-order valence-electron chi connectivity index (χ1n) is 6.39. The van der Waals surface area contributed by atoms with E-state index in [2.05, 4.69) is 34.9 Å². The second-order valence-electron chi connectivity index (χ2n) is 5.00. The average Bonchev–Trinajstić information content (AvgIpc) is 2.81. The van der Waals surface area contributed by atoms with Crippen LogP contribution in [-0.4, -0.2) is 19.5 Å². The smallest absolute Gasteiger partial charge is 0.140 e. The van der Waals surface area contributed by atoms with E-state index in [0.29, 0.717) is 5.92 Å². The van der Waals surface area contributed by atoms with Gasteiger partial charge in [-0.2, -0.15) is 0 Å². The quantitative estimate of drug-likeness (QED) is 0.703. The number of aryl methyl sites for hydroxylation is 1. The van der Waals surface area contributed by atoms with Crippen LogP contribution in [0.3, 0.4) is 0 Å². The molecule has 0 N–H and O–H groups in total. The van der Waals surface area contributed by atoms with Crippen molar-refractivity contribution < 1.29 is 0 Å². The Hall–Kier alpha value is -2.23. The molecule has 3 heterocycles. The highest BCUT2D eigenvalue weighted by Crippen LogP contribution is 2.31. The highest BCUT2D eigenvalue weighted by molar-refractivity contribution is 5.92. The summed E-state index contributed by atoms with van der Waals surface area (Å²) in [5.41, 5.74) is 4.27. The lowest BCUT2D eigenvalue weighted by Crippen LogP contribution is -1.97. The first-order chi connectivity index (χ1) is 9.18. The molecule has 0 saturated heterocycles. The lowest BCUT2D eigenvalue weighted by Gasteiger charge is -2.11. The van der Waals surface area contributed by atoms with Crippen LogP contribution in [0.25, 0.3) is 22.3 Å². The van der Waals surface area contributed by atoms with Crippen molar-refractivity contribution in [2.45, 2.75) is 19.8 Å². The van der Waals surface area contributed by atoms with Gasteiger partial charge in [-0.05, 0) is 23.6 Å². The summed E-state index contributed by atoms with van der Waals surface area (Å²) in [6.45, 7) is 4.32. The molecule has 4 nitrogen and oxygen atoms in total. The monoisotopic (exact) mass is 252 g/mol. The molecule has 3 rings (SSSR count). The van der Waals surface area contributed by atoms with Crippen LogP contribution in [0.1, 0.15) is 25.3 Å². The van der Waals surface area contributed by atoms with Crippen molar-refractivity contribution in [2.24, 2.45) is 7.05 Å². The minimum Gasteiger partial charge on any atom is -0.336 e. The van der Waals surface area contributed by atoms with E-state index in [4.69, 9.17) is 0 Å². The van der Waals surface area contributed by atoms with Crippen molar-refractivity contribution in [1.82, 2.24) is 19.5 Å². The zero-order chi connectivity index (χ0) is 13.4. The fourth-order valence-corrected chi connectivity index (χ4v) is 2.36. The SMILES string of the molecule is CC(C)c1cncnc1-c1ccnc2c1ccn2C.